The molecule has 0 atom stereocenters. The summed E-state index contributed by atoms with van der Waals surface area (Å²) in [6, 6.07) is 16.4. The van der Waals surface area contributed by atoms with Gasteiger partial charge in [0.1, 0.15) is 0 Å². The third-order valence-corrected chi connectivity index (χ3v) is 5.62. The van der Waals surface area contributed by atoms with E-state index >= 15 is 0 Å². The zero-order valence-electron chi connectivity index (χ0n) is 13.2. The molecule has 0 bridgehead atoms. The fraction of sp³-hybridized carbons (Fsp3) is 0.222. The highest BCUT2D eigenvalue weighted by Gasteiger charge is 2.05. The predicted molar refractivity (Wildman–Crippen MR) is 97.9 cm³/mol. The van der Waals surface area contributed by atoms with Crippen LogP contribution in [-0.4, -0.2) is 16.2 Å². The molecule has 0 N–H and O–H groups in total. The van der Waals surface area contributed by atoms with Crippen LogP contribution in [0.4, 0.5) is 0 Å². The van der Waals surface area contributed by atoms with Crippen molar-refractivity contribution in [1.29, 1.82) is 0 Å². The number of thiazole rings is 1. The van der Waals surface area contributed by atoms with Crippen molar-refractivity contribution in [2.75, 3.05) is 5.75 Å². The monoisotopic (exact) mass is 342 g/mol. The van der Waals surface area contributed by atoms with Crippen LogP contribution in [-0.2, 0) is 11.8 Å². The molecule has 0 saturated heterocycles. The molecular weight excluding hydrogens is 324 g/mol. The van der Waals surface area contributed by atoms with Crippen LogP contribution in [0.1, 0.15) is 12.0 Å². The highest BCUT2D eigenvalue weighted by Crippen LogP contribution is 2.19. The summed E-state index contributed by atoms with van der Waals surface area (Å²) >= 11 is 3.25. The van der Waals surface area contributed by atoms with Crippen LogP contribution < -0.4 is 4.80 Å². The van der Waals surface area contributed by atoms with Gasteiger partial charge in [0, 0.05) is 24.1 Å². The lowest BCUT2D eigenvalue weighted by Crippen LogP contribution is -2.13. The fourth-order valence-electron chi connectivity index (χ4n) is 2.28. The fourth-order valence-corrected chi connectivity index (χ4v) is 4.28. The Morgan fingerprint density at radius 2 is 2.00 bits per heavy atom. The number of hydrogen-bond donors (Lipinski definition) is 0. The Hall–Kier alpha value is -1.85. The number of benzene rings is 2. The molecule has 0 saturated carbocycles. The van der Waals surface area contributed by atoms with Gasteiger partial charge in [-0.3, -0.25) is 4.79 Å². The molecule has 0 aliphatic carbocycles. The summed E-state index contributed by atoms with van der Waals surface area (Å²) < 4.78 is 3.15. The van der Waals surface area contributed by atoms with Gasteiger partial charge in [-0.25, -0.2) is 0 Å². The van der Waals surface area contributed by atoms with E-state index < -0.39 is 0 Å². The predicted octanol–water partition coefficient (Wildman–Crippen LogP) is 4.16. The van der Waals surface area contributed by atoms with E-state index in [4.69, 9.17) is 0 Å². The number of hydrogen-bond acceptors (Lipinski definition) is 3. The SMILES string of the molecule is Cc1ccc2c(c1)sc(=NC(=O)CCSc1ccccc1)n2C. The van der Waals surface area contributed by atoms with Crippen molar-refractivity contribution in [2.45, 2.75) is 18.2 Å². The van der Waals surface area contributed by atoms with Crippen LogP contribution in [0.15, 0.2) is 58.4 Å². The average Bonchev–Trinajstić information content (AvgIpc) is 2.83. The molecular formula is C18H18N2OS2. The van der Waals surface area contributed by atoms with Crippen molar-refractivity contribution in [3.63, 3.8) is 0 Å². The van der Waals surface area contributed by atoms with Crippen LogP contribution in [0.2, 0.25) is 0 Å². The first kappa shape index (κ1) is 16.0. The minimum absolute atomic E-state index is 0.0627. The smallest absolute Gasteiger partial charge is 0.249 e. The minimum atomic E-state index is -0.0627. The van der Waals surface area contributed by atoms with Crippen molar-refractivity contribution < 1.29 is 4.79 Å². The highest BCUT2D eigenvalue weighted by molar-refractivity contribution is 7.99. The zero-order valence-corrected chi connectivity index (χ0v) is 14.8. The van der Waals surface area contributed by atoms with Gasteiger partial charge in [0.15, 0.2) is 4.80 Å². The molecule has 0 spiro atoms. The van der Waals surface area contributed by atoms with Gasteiger partial charge in [0.25, 0.3) is 0 Å². The van der Waals surface area contributed by atoms with Gasteiger partial charge in [-0.2, -0.15) is 4.99 Å². The molecule has 1 heterocycles. The third kappa shape index (κ3) is 3.92. The standard InChI is InChI=1S/C18H18N2OS2/c1-13-8-9-15-16(12-13)23-18(20(15)2)19-17(21)10-11-22-14-6-4-3-5-7-14/h3-9,12H,10-11H2,1-2H3. The van der Waals surface area contributed by atoms with Gasteiger partial charge >= 0.3 is 0 Å². The van der Waals surface area contributed by atoms with Gasteiger partial charge in [-0.05, 0) is 36.8 Å². The number of rotatable bonds is 4. The van der Waals surface area contributed by atoms with Gasteiger partial charge in [0.05, 0.1) is 10.2 Å². The summed E-state index contributed by atoms with van der Waals surface area (Å²) in [5.41, 5.74) is 2.34. The van der Waals surface area contributed by atoms with Crippen molar-refractivity contribution in [3.05, 3.63) is 58.9 Å². The first-order valence-electron chi connectivity index (χ1n) is 7.45. The number of aromatic nitrogens is 1. The zero-order chi connectivity index (χ0) is 16.2. The van der Waals surface area contributed by atoms with Gasteiger partial charge in [-0.15, -0.1) is 11.8 Å². The highest BCUT2D eigenvalue weighted by atomic mass is 32.2. The Labute approximate surface area is 143 Å². The topological polar surface area (TPSA) is 34.4 Å². The number of carbonyl (C=O) groups excluding carboxylic acids is 1. The van der Waals surface area contributed by atoms with Crippen molar-refractivity contribution >= 4 is 39.2 Å². The van der Waals surface area contributed by atoms with Crippen molar-refractivity contribution in [1.82, 2.24) is 4.57 Å². The van der Waals surface area contributed by atoms with E-state index in [1.54, 1.807) is 23.1 Å². The molecule has 118 valence electrons. The minimum Gasteiger partial charge on any atom is -0.319 e. The van der Waals surface area contributed by atoms with E-state index in [2.05, 4.69) is 42.2 Å². The van der Waals surface area contributed by atoms with E-state index in [0.29, 0.717) is 6.42 Å². The Bertz CT molecular complexity index is 894. The summed E-state index contributed by atoms with van der Waals surface area (Å²) in [5.74, 6) is 0.687. The van der Waals surface area contributed by atoms with E-state index in [9.17, 15) is 4.79 Å². The molecule has 5 heteroatoms. The summed E-state index contributed by atoms with van der Waals surface area (Å²) in [6.45, 7) is 2.07. The molecule has 2 aromatic carbocycles. The van der Waals surface area contributed by atoms with Gasteiger partial charge < -0.3 is 4.57 Å². The summed E-state index contributed by atoms with van der Waals surface area (Å²) in [5, 5.41) is 0. The molecule has 1 amide bonds. The molecule has 0 unspecified atom stereocenters. The van der Waals surface area contributed by atoms with E-state index in [-0.39, 0.29) is 5.91 Å². The van der Waals surface area contributed by atoms with E-state index in [0.717, 1.165) is 20.8 Å². The van der Waals surface area contributed by atoms with Crippen LogP contribution in [0.3, 0.4) is 0 Å². The lowest BCUT2D eigenvalue weighted by molar-refractivity contribution is -0.117. The third-order valence-electron chi connectivity index (χ3n) is 3.51. The molecule has 3 rings (SSSR count). The van der Waals surface area contributed by atoms with E-state index in [1.165, 1.54) is 10.5 Å². The first-order valence-corrected chi connectivity index (χ1v) is 9.25. The number of fused-ring (bicyclic) bond motifs is 1. The molecule has 3 aromatic rings. The molecule has 3 nitrogen and oxygen atoms in total. The second-order valence-electron chi connectivity index (χ2n) is 5.33. The molecule has 23 heavy (non-hydrogen) atoms. The quantitative estimate of drug-likeness (QED) is 0.667. The Morgan fingerprint density at radius 1 is 1.22 bits per heavy atom. The van der Waals surface area contributed by atoms with Crippen LogP contribution >= 0.6 is 23.1 Å². The van der Waals surface area contributed by atoms with Crippen LogP contribution in [0.5, 0.6) is 0 Å². The second-order valence-corrected chi connectivity index (χ2v) is 7.51. The van der Waals surface area contributed by atoms with E-state index in [1.807, 2.05) is 29.8 Å². The number of amides is 1. The molecule has 0 aliphatic heterocycles. The number of carbonyl (C=O) groups is 1. The van der Waals surface area contributed by atoms with Gasteiger partial charge in [-0.1, -0.05) is 35.6 Å². The number of aryl methyl sites for hydroxylation is 2. The maximum Gasteiger partial charge on any atom is 0.249 e. The Kier molecular flexibility index (Phi) is 4.98. The lowest BCUT2D eigenvalue weighted by Gasteiger charge is -1.99. The second kappa shape index (κ2) is 7.15. The summed E-state index contributed by atoms with van der Waals surface area (Å²) in [6.07, 6.45) is 0.451. The number of thioether (sulfide) groups is 1. The average molecular weight is 342 g/mol. The number of nitrogens with zero attached hydrogens (tertiary/aromatic N) is 2. The first-order chi connectivity index (χ1) is 11.1. The van der Waals surface area contributed by atoms with Gasteiger partial charge in [0.2, 0.25) is 5.91 Å². The summed E-state index contributed by atoms with van der Waals surface area (Å²) in [7, 11) is 1.96. The lowest BCUT2D eigenvalue weighted by atomic mass is 10.2. The normalized spacial score (nSPS) is 12.0. The molecule has 0 fully saturated rings. The Morgan fingerprint density at radius 3 is 2.78 bits per heavy atom. The Balaban J connectivity index is 1.71. The van der Waals surface area contributed by atoms with Crippen LogP contribution in [0, 0.1) is 6.92 Å². The molecule has 0 radical (unpaired) electrons. The van der Waals surface area contributed by atoms with Crippen molar-refractivity contribution in [3.8, 4) is 0 Å². The molecule has 0 aliphatic rings. The largest absolute Gasteiger partial charge is 0.319 e. The van der Waals surface area contributed by atoms with Crippen molar-refractivity contribution in [2.24, 2.45) is 12.0 Å². The maximum atomic E-state index is 12.1. The van der Waals surface area contributed by atoms with Crippen LogP contribution in [0.25, 0.3) is 10.2 Å². The maximum absolute atomic E-state index is 12.1. The molecule has 1 aromatic heterocycles. The summed E-state index contributed by atoms with van der Waals surface area (Å²) in [4.78, 5) is 18.3.